The molecular weight excluding hydrogens is 178 g/mol. The number of amides is 1. The molecule has 0 spiro atoms. The summed E-state index contributed by atoms with van der Waals surface area (Å²) in [5.74, 6) is -0.394. The minimum Gasteiger partial charge on any atom is -0.368 e. The van der Waals surface area contributed by atoms with Crippen LogP contribution in [0.3, 0.4) is 0 Å². The number of nitrogens with two attached hydrogens (primary N) is 2. The van der Waals surface area contributed by atoms with Crippen LogP contribution in [-0.4, -0.2) is 36.0 Å². The van der Waals surface area contributed by atoms with E-state index < -0.39 is 11.9 Å². The number of rotatable bonds is 4. The van der Waals surface area contributed by atoms with Crippen LogP contribution in [0.15, 0.2) is 0 Å². The first-order valence-corrected chi connectivity index (χ1v) is 5.40. The zero-order chi connectivity index (χ0) is 10.6. The van der Waals surface area contributed by atoms with Crippen LogP contribution < -0.4 is 11.5 Å². The fourth-order valence-corrected chi connectivity index (χ4v) is 1.94. The van der Waals surface area contributed by atoms with Crippen LogP contribution in [0, 0.1) is 0 Å². The molecule has 2 unspecified atom stereocenters. The highest BCUT2D eigenvalue weighted by molar-refractivity contribution is 5.79. The van der Waals surface area contributed by atoms with Crippen molar-refractivity contribution in [3.05, 3.63) is 0 Å². The minimum atomic E-state index is -0.482. The van der Waals surface area contributed by atoms with Gasteiger partial charge in [0, 0.05) is 12.6 Å². The van der Waals surface area contributed by atoms with E-state index in [1.165, 1.54) is 19.3 Å². The van der Waals surface area contributed by atoms with Gasteiger partial charge >= 0.3 is 0 Å². The molecule has 4 N–H and O–H groups in total. The van der Waals surface area contributed by atoms with Crippen LogP contribution in [0.5, 0.6) is 0 Å². The monoisotopic (exact) mass is 199 g/mol. The molecule has 2 atom stereocenters. The van der Waals surface area contributed by atoms with Gasteiger partial charge in [0.25, 0.3) is 0 Å². The van der Waals surface area contributed by atoms with Crippen LogP contribution >= 0.6 is 0 Å². The molecule has 14 heavy (non-hydrogen) atoms. The van der Waals surface area contributed by atoms with E-state index in [-0.39, 0.29) is 0 Å². The van der Waals surface area contributed by atoms with Crippen molar-refractivity contribution in [2.24, 2.45) is 11.5 Å². The SMILES string of the molecule is CC1CCCCN1CCC(N)C(N)=O. The molecule has 0 aromatic carbocycles. The molecule has 1 aliphatic rings. The molecular formula is C10H21N3O. The van der Waals surface area contributed by atoms with Crippen molar-refractivity contribution in [1.82, 2.24) is 4.90 Å². The molecule has 0 aliphatic carbocycles. The van der Waals surface area contributed by atoms with E-state index in [4.69, 9.17) is 11.5 Å². The summed E-state index contributed by atoms with van der Waals surface area (Å²) < 4.78 is 0. The molecule has 1 amide bonds. The van der Waals surface area contributed by atoms with Crippen molar-refractivity contribution < 1.29 is 4.79 Å². The second-order valence-electron chi connectivity index (χ2n) is 4.18. The Kier molecular flexibility index (Phi) is 4.35. The van der Waals surface area contributed by atoms with Gasteiger partial charge in [0.1, 0.15) is 0 Å². The van der Waals surface area contributed by atoms with E-state index >= 15 is 0 Å². The first-order valence-electron chi connectivity index (χ1n) is 5.40. The van der Waals surface area contributed by atoms with Gasteiger partial charge in [-0.1, -0.05) is 6.42 Å². The summed E-state index contributed by atoms with van der Waals surface area (Å²) in [5, 5.41) is 0. The summed E-state index contributed by atoms with van der Waals surface area (Å²) in [4.78, 5) is 13.1. The molecule has 1 rings (SSSR count). The van der Waals surface area contributed by atoms with Crippen LogP contribution in [0.4, 0.5) is 0 Å². The first-order chi connectivity index (χ1) is 6.61. The lowest BCUT2D eigenvalue weighted by atomic mass is 10.0. The maximum absolute atomic E-state index is 10.7. The molecule has 0 aromatic heterocycles. The summed E-state index contributed by atoms with van der Waals surface area (Å²) in [6.07, 6.45) is 4.52. The highest BCUT2D eigenvalue weighted by atomic mass is 16.1. The van der Waals surface area contributed by atoms with Crippen LogP contribution in [0.2, 0.25) is 0 Å². The van der Waals surface area contributed by atoms with Crippen molar-refractivity contribution in [2.45, 2.75) is 44.7 Å². The van der Waals surface area contributed by atoms with Crippen LogP contribution in [0.1, 0.15) is 32.6 Å². The van der Waals surface area contributed by atoms with Gasteiger partial charge in [0.2, 0.25) is 5.91 Å². The first kappa shape index (κ1) is 11.5. The number of likely N-dealkylation sites (tertiary alicyclic amines) is 1. The molecule has 4 heteroatoms. The Morgan fingerprint density at radius 3 is 2.86 bits per heavy atom. The minimum absolute atomic E-state index is 0.394. The zero-order valence-electron chi connectivity index (χ0n) is 8.91. The number of hydrogen-bond acceptors (Lipinski definition) is 3. The van der Waals surface area contributed by atoms with Gasteiger partial charge in [-0.3, -0.25) is 4.79 Å². The fraction of sp³-hybridized carbons (Fsp3) is 0.900. The number of nitrogens with zero attached hydrogens (tertiary/aromatic N) is 1. The largest absolute Gasteiger partial charge is 0.368 e. The molecule has 4 nitrogen and oxygen atoms in total. The van der Waals surface area contributed by atoms with E-state index in [1.807, 2.05) is 0 Å². The van der Waals surface area contributed by atoms with Crippen molar-refractivity contribution >= 4 is 5.91 Å². The molecule has 0 radical (unpaired) electrons. The van der Waals surface area contributed by atoms with Gasteiger partial charge < -0.3 is 16.4 Å². The van der Waals surface area contributed by atoms with Crippen molar-refractivity contribution in [2.75, 3.05) is 13.1 Å². The summed E-state index contributed by atoms with van der Waals surface area (Å²) in [6.45, 7) is 4.26. The van der Waals surface area contributed by atoms with Gasteiger partial charge in [-0.25, -0.2) is 0 Å². The summed E-state index contributed by atoms with van der Waals surface area (Å²) >= 11 is 0. The summed E-state index contributed by atoms with van der Waals surface area (Å²) in [6, 6.07) is 0.146. The quantitative estimate of drug-likeness (QED) is 0.672. The van der Waals surface area contributed by atoms with Gasteiger partial charge in [-0.2, -0.15) is 0 Å². The Morgan fingerprint density at radius 1 is 1.57 bits per heavy atom. The Labute approximate surface area is 85.6 Å². The third kappa shape index (κ3) is 3.27. The maximum atomic E-state index is 10.7. The van der Waals surface area contributed by atoms with E-state index in [0.717, 1.165) is 13.1 Å². The predicted octanol–water partition coefficient (Wildman–Crippen LogP) is 0.0635. The predicted molar refractivity (Wildman–Crippen MR) is 56.7 cm³/mol. The third-order valence-corrected chi connectivity index (χ3v) is 3.03. The van der Waals surface area contributed by atoms with Crippen molar-refractivity contribution in [3.63, 3.8) is 0 Å². The topological polar surface area (TPSA) is 72.3 Å². The highest BCUT2D eigenvalue weighted by Gasteiger charge is 2.19. The Hall–Kier alpha value is -0.610. The van der Waals surface area contributed by atoms with Crippen LogP contribution in [0.25, 0.3) is 0 Å². The normalized spacial score (nSPS) is 26.0. The smallest absolute Gasteiger partial charge is 0.234 e. The second kappa shape index (κ2) is 5.32. The van der Waals surface area contributed by atoms with E-state index in [9.17, 15) is 4.79 Å². The van der Waals surface area contributed by atoms with E-state index in [0.29, 0.717) is 12.5 Å². The Morgan fingerprint density at radius 2 is 2.29 bits per heavy atom. The molecule has 1 saturated heterocycles. The lowest BCUT2D eigenvalue weighted by Crippen LogP contribution is -2.43. The van der Waals surface area contributed by atoms with Gasteiger partial charge in [0.05, 0.1) is 6.04 Å². The Bertz CT molecular complexity index is 196. The zero-order valence-corrected chi connectivity index (χ0v) is 8.91. The second-order valence-corrected chi connectivity index (χ2v) is 4.18. The van der Waals surface area contributed by atoms with E-state index in [1.54, 1.807) is 0 Å². The number of carbonyl (C=O) groups excluding carboxylic acids is 1. The van der Waals surface area contributed by atoms with Crippen molar-refractivity contribution in [1.29, 1.82) is 0 Å². The molecule has 82 valence electrons. The lowest BCUT2D eigenvalue weighted by molar-refractivity contribution is -0.119. The molecule has 0 aromatic rings. The number of hydrogen-bond donors (Lipinski definition) is 2. The third-order valence-electron chi connectivity index (χ3n) is 3.03. The fourth-order valence-electron chi connectivity index (χ4n) is 1.94. The average molecular weight is 199 g/mol. The molecule has 0 bridgehead atoms. The Balaban J connectivity index is 2.25. The molecule has 1 heterocycles. The van der Waals surface area contributed by atoms with E-state index in [2.05, 4.69) is 11.8 Å². The number of primary amides is 1. The molecule has 0 saturated carbocycles. The molecule has 1 aliphatic heterocycles. The van der Waals surface area contributed by atoms with Gasteiger partial charge in [-0.05, 0) is 32.7 Å². The number of piperidine rings is 1. The summed E-state index contributed by atoms with van der Waals surface area (Å²) in [7, 11) is 0. The maximum Gasteiger partial charge on any atom is 0.234 e. The lowest BCUT2D eigenvalue weighted by Gasteiger charge is -2.33. The summed E-state index contributed by atoms with van der Waals surface area (Å²) in [5.41, 5.74) is 10.7. The van der Waals surface area contributed by atoms with Gasteiger partial charge in [-0.15, -0.1) is 0 Å². The average Bonchev–Trinajstić information content (AvgIpc) is 2.16. The van der Waals surface area contributed by atoms with Crippen LogP contribution in [-0.2, 0) is 4.79 Å². The molecule has 1 fully saturated rings. The standard InChI is InChI=1S/C10H21N3O/c1-8-4-2-3-6-13(8)7-5-9(11)10(12)14/h8-9H,2-7,11H2,1H3,(H2,12,14). The van der Waals surface area contributed by atoms with Crippen molar-refractivity contribution in [3.8, 4) is 0 Å². The van der Waals surface area contributed by atoms with Gasteiger partial charge in [0.15, 0.2) is 0 Å². The number of carbonyl (C=O) groups is 1. The highest BCUT2D eigenvalue weighted by Crippen LogP contribution is 2.16.